The van der Waals surface area contributed by atoms with Crippen molar-refractivity contribution in [1.82, 2.24) is 5.01 Å². The smallest absolute Gasteiger partial charge is 0.146 e. The van der Waals surface area contributed by atoms with E-state index >= 15 is 0 Å². The average molecular weight is 476 g/mol. The second-order valence-corrected chi connectivity index (χ2v) is 10.0. The molecule has 184 valence electrons. The molecule has 3 aliphatic rings. The summed E-state index contributed by atoms with van der Waals surface area (Å²) in [6.07, 6.45) is 23.4. The maximum Gasteiger partial charge on any atom is 0.146 e. The lowest BCUT2D eigenvalue weighted by Crippen LogP contribution is -2.27. The Morgan fingerprint density at radius 1 is 0.917 bits per heavy atom. The van der Waals surface area contributed by atoms with Gasteiger partial charge in [-0.1, -0.05) is 97.1 Å². The molecule has 3 aliphatic carbocycles. The van der Waals surface area contributed by atoms with Crippen LogP contribution in [-0.4, -0.2) is 17.4 Å². The van der Waals surface area contributed by atoms with E-state index in [2.05, 4.69) is 102 Å². The Balaban J connectivity index is 1.29. The van der Waals surface area contributed by atoms with Crippen molar-refractivity contribution >= 4 is 11.4 Å². The Morgan fingerprint density at radius 2 is 1.83 bits per heavy atom. The summed E-state index contributed by atoms with van der Waals surface area (Å²) in [4.78, 5) is 0. The summed E-state index contributed by atoms with van der Waals surface area (Å²) in [5, 5.41) is 7.05. The van der Waals surface area contributed by atoms with Crippen molar-refractivity contribution in [3.05, 3.63) is 125 Å². The molecule has 0 spiro atoms. The number of nitrogens with zero attached hydrogens (tertiary/aromatic N) is 2. The second kappa shape index (κ2) is 11.9. The summed E-state index contributed by atoms with van der Waals surface area (Å²) in [7, 11) is 0. The normalized spacial score (nSPS) is 19.9. The molecule has 1 unspecified atom stereocenters. The molecule has 0 bridgehead atoms. The highest BCUT2D eigenvalue weighted by Crippen LogP contribution is 2.34. The maximum absolute atomic E-state index is 6.60. The van der Waals surface area contributed by atoms with Crippen molar-refractivity contribution in [2.24, 2.45) is 10.8 Å². The molecule has 2 aromatic carbocycles. The first-order chi connectivity index (χ1) is 17.7. The van der Waals surface area contributed by atoms with Crippen LogP contribution in [0.15, 0.2) is 113 Å². The van der Waals surface area contributed by atoms with Gasteiger partial charge < -0.3 is 5.73 Å². The molecular formula is C33H37N3. The highest BCUT2D eigenvalue weighted by molar-refractivity contribution is 5.96. The van der Waals surface area contributed by atoms with Gasteiger partial charge in [-0.25, -0.2) is 0 Å². The maximum atomic E-state index is 6.60. The van der Waals surface area contributed by atoms with Crippen LogP contribution in [0.1, 0.15) is 67.6 Å². The summed E-state index contributed by atoms with van der Waals surface area (Å²) >= 11 is 0. The highest BCUT2D eigenvalue weighted by Gasteiger charge is 2.19. The first-order valence-electron chi connectivity index (χ1n) is 13.4. The molecule has 0 heterocycles. The van der Waals surface area contributed by atoms with Crippen LogP contribution in [0.3, 0.4) is 0 Å². The zero-order chi connectivity index (χ0) is 24.6. The van der Waals surface area contributed by atoms with E-state index in [1.807, 2.05) is 0 Å². The van der Waals surface area contributed by atoms with Gasteiger partial charge in [0.05, 0.1) is 13.1 Å². The van der Waals surface area contributed by atoms with E-state index in [1.54, 1.807) is 0 Å². The number of allylic oxidation sites excluding steroid dienone is 7. The van der Waals surface area contributed by atoms with Gasteiger partial charge in [0.15, 0.2) is 0 Å². The Bertz CT molecular complexity index is 1230. The summed E-state index contributed by atoms with van der Waals surface area (Å²) < 4.78 is 0. The molecule has 2 N–H and O–H groups in total. The fraction of sp³-hybridized carbons (Fsp3) is 0.303. The molecule has 0 amide bonds. The van der Waals surface area contributed by atoms with Crippen LogP contribution in [0.25, 0.3) is 5.57 Å². The Morgan fingerprint density at radius 3 is 2.58 bits per heavy atom. The van der Waals surface area contributed by atoms with Crippen LogP contribution < -0.4 is 5.73 Å². The minimum atomic E-state index is 0.541. The van der Waals surface area contributed by atoms with E-state index < -0.39 is 0 Å². The van der Waals surface area contributed by atoms with Gasteiger partial charge in [0.2, 0.25) is 0 Å². The number of nitrogens with two attached hydrogens (primary N) is 1. The van der Waals surface area contributed by atoms with Crippen molar-refractivity contribution in [2.45, 2.75) is 57.4 Å². The zero-order valence-electron chi connectivity index (χ0n) is 21.2. The van der Waals surface area contributed by atoms with Gasteiger partial charge in [-0.05, 0) is 84.3 Å². The van der Waals surface area contributed by atoms with E-state index in [9.17, 15) is 0 Å². The lowest BCUT2D eigenvalue weighted by molar-refractivity contribution is 0.305. The van der Waals surface area contributed by atoms with Crippen molar-refractivity contribution in [2.75, 3.05) is 6.54 Å². The summed E-state index contributed by atoms with van der Waals surface area (Å²) in [5.41, 5.74) is 14.6. The number of rotatable bonds is 8. The van der Waals surface area contributed by atoms with E-state index in [-0.39, 0.29) is 0 Å². The van der Waals surface area contributed by atoms with Crippen LogP contribution in [0.4, 0.5) is 0 Å². The molecule has 0 aromatic heterocycles. The van der Waals surface area contributed by atoms with Crippen LogP contribution in [-0.2, 0) is 6.54 Å². The lowest BCUT2D eigenvalue weighted by Gasteiger charge is -2.25. The Hall–Kier alpha value is -3.59. The van der Waals surface area contributed by atoms with Crippen molar-refractivity contribution in [3.8, 4) is 0 Å². The molecule has 3 nitrogen and oxygen atoms in total. The largest absolute Gasteiger partial charge is 0.382 e. The van der Waals surface area contributed by atoms with Gasteiger partial charge in [0.1, 0.15) is 5.84 Å². The molecule has 0 aliphatic heterocycles. The van der Waals surface area contributed by atoms with Crippen molar-refractivity contribution in [1.29, 1.82) is 0 Å². The third-order valence-electron chi connectivity index (χ3n) is 7.38. The predicted octanol–water partition coefficient (Wildman–Crippen LogP) is 7.66. The number of hydrogen-bond acceptors (Lipinski definition) is 2. The number of benzene rings is 2. The van der Waals surface area contributed by atoms with Gasteiger partial charge >= 0.3 is 0 Å². The third-order valence-corrected chi connectivity index (χ3v) is 7.38. The predicted molar refractivity (Wildman–Crippen MR) is 152 cm³/mol. The molecule has 3 heteroatoms. The summed E-state index contributed by atoms with van der Waals surface area (Å²) in [5.74, 6) is 1.21. The van der Waals surface area contributed by atoms with Crippen molar-refractivity contribution in [3.63, 3.8) is 0 Å². The monoisotopic (exact) mass is 475 g/mol. The number of hydrazone groups is 1. The van der Waals surface area contributed by atoms with Gasteiger partial charge in [0.25, 0.3) is 0 Å². The Kier molecular flexibility index (Phi) is 7.97. The van der Waals surface area contributed by atoms with Crippen molar-refractivity contribution < 1.29 is 0 Å². The molecule has 36 heavy (non-hydrogen) atoms. The topological polar surface area (TPSA) is 41.6 Å². The average Bonchev–Trinajstić information content (AvgIpc) is 2.95. The van der Waals surface area contributed by atoms with Crippen LogP contribution in [0, 0.1) is 0 Å². The molecule has 5 rings (SSSR count). The highest BCUT2D eigenvalue weighted by atomic mass is 15.5. The minimum Gasteiger partial charge on any atom is -0.382 e. The fourth-order valence-corrected chi connectivity index (χ4v) is 5.34. The molecule has 0 fully saturated rings. The first-order valence-corrected chi connectivity index (χ1v) is 13.4. The van der Waals surface area contributed by atoms with Gasteiger partial charge in [0, 0.05) is 0 Å². The van der Waals surface area contributed by atoms with Crippen LogP contribution >= 0.6 is 0 Å². The van der Waals surface area contributed by atoms with Gasteiger partial charge in [-0.15, -0.1) is 0 Å². The first kappa shape index (κ1) is 24.1. The zero-order valence-corrected chi connectivity index (χ0v) is 21.2. The van der Waals surface area contributed by atoms with E-state index in [0.29, 0.717) is 11.8 Å². The molecule has 0 saturated heterocycles. The molecule has 0 radical (unpaired) electrons. The fourth-order valence-electron chi connectivity index (χ4n) is 5.34. The number of amidine groups is 1. The Labute approximate surface area is 216 Å². The quantitative estimate of drug-likeness (QED) is 0.242. The SMILES string of the molecule is N/C(=N\N(CC1=CCCC=C1)Cc1ccccc1)C1=CCC(c2cccc(C3=CC=CCC3)c2)CC1. The van der Waals surface area contributed by atoms with Crippen LogP contribution in [0.5, 0.6) is 0 Å². The molecule has 1 atom stereocenters. The molecule has 2 aromatic rings. The van der Waals surface area contributed by atoms with Crippen LogP contribution in [0.2, 0.25) is 0 Å². The minimum absolute atomic E-state index is 0.541. The van der Waals surface area contributed by atoms with Gasteiger partial charge in [-0.3, -0.25) is 5.01 Å². The van der Waals surface area contributed by atoms with E-state index in [0.717, 1.165) is 58.0 Å². The molecule has 0 saturated carbocycles. The number of hydrogen-bond donors (Lipinski definition) is 1. The summed E-state index contributed by atoms with van der Waals surface area (Å²) in [6.45, 7) is 1.53. The molecular weight excluding hydrogens is 438 g/mol. The van der Waals surface area contributed by atoms with E-state index in [4.69, 9.17) is 10.8 Å². The third kappa shape index (κ3) is 6.34. The van der Waals surface area contributed by atoms with E-state index in [1.165, 1.54) is 33.4 Å². The van der Waals surface area contributed by atoms with Gasteiger partial charge in [-0.2, -0.15) is 5.10 Å². The standard InChI is InChI=1S/C33H37N3/c34-33(35-36(24-26-11-4-1-5-12-26)25-27-13-6-2-7-14-27)30-21-19-29(20-22-30)32-18-10-17-31(23-32)28-15-8-3-9-16-28/h1,3-6,8,10-15,17-18,21,23,29H,2,7,9,16,19-20,22,24-25H2,(H2,34,35). The summed E-state index contributed by atoms with van der Waals surface area (Å²) in [6, 6.07) is 19.7. The second-order valence-electron chi connectivity index (χ2n) is 10.0. The lowest BCUT2D eigenvalue weighted by atomic mass is 9.83.